The SMILES string of the molecule is c1cnc(N2CCCCC2)c(SCc2ccc3c(c2)OCO3)n1. The Balaban J connectivity index is 1.48. The van der Waals surface area contributed by atoms with Crippen LogP contribution in [0.2, 0.25) is 0 Å². The Morgan fingerprint density at radius 2 is 1.83 bits per heavy atom. The third kappa shape index (κ3) is 3.22. The van der Waals surface area contributed by atoms with E-state index in [-0.39, 0.29) is 0 Å². The summed E-state index contributed by atoms with van der Waals surface area (Å²) in [6.07, 6.45) is 7.35. The quantitative estimate of drug-likeness (QED) is 0.800. The molecule has 0 atom stereocenters. The molecule has 120 valence electrons. The fourth-order valence-corrected chi connectivity index (χ4v) is 3.85. The van der Waals surface area contributed by atoms with Crippen molar-refractivity contribution in [1.82, 2.24) is 9.97 Å². The molecule has 0 amide bonds. The summed E-state index contributed by atoms with van der Waals surface area (Å²) in [6, 6.07) is 6.10. The average molecular weight is 329 g/mol. The van der Waals surface area contributed by atoms with Crippen LogP contribution in [0.3, 0.4) is 0 Å². The first-order valence-corrected chi connectivity index (χ1v) is 8.96. The minimum Gasteiger partial charge on any atom is -0.454 e. The Labute approximate surface area is 140 Å². The van der Waals surface area contributed by atoms with Crippen molar-refractivity contribution in [2.75, 3.05) is 24.8 Å². The van der Waals surface area contributed by atoms with Gasteiger partial charge in [0, 0.05) is 31.2 Å². The van der Waals surface area contributed by atoms with Gasteiger partial charge in [0.05, 0.1) is 0 Å². The Hall–Kier alpha value is -1.95. The number of fused-ring (bicyclic) bond motifs is 1. The zero-order chi connectivity index (χ0) is 15.5. The molecule has 0 bridgehead atoms. The number of nitrogens with zero attached hydrogens (tertiary/aromatic N) is 3. The smallest absolute Gasteiger partial charge is 0.231 e. The van der Waals surface area contributed by atoms with Crippen LogP contribution in [-0.4, -0.2) is 29.9 Å². The summed E-state index contributed by atoms with van der Waals surface area (Å²) in [5.41, 5.74) is 1.20. The average Bonchev–Trinajstić information content (AvgIpc) is 3.09. The molecule has 1 aromatic heterocycles. The van der Waals surface area contributed by atoms with Gasteiger partial charge in [-0.15, -0.1) is 0 Å². The summed E-state index contributed by atoms with van der Waals surface area (Å²) in [7, 11) is 0. The molecule has 1 aromatic carbocycles. The van der Waals surface area contributed by atoms with Gasteiger partial charge in [-0.3, -0.25) is 0 Å². The van der Waals surface area contributed by atoms with E-state index in [1.165, 1.54) is 24.8 Å². The number of hydrogen-bond donors (Lipinski definition) is 0. The Kier molecular flexibility index (Phi) is 4.24. The van der Waals surface area contributed by atoms with E-state index in [0.717, 1.165) is 41.2 Å². The number of hydrogen-bond acceptors (Lipinski definition) is 6. The molecule has 5 nitrogen and oxygen atoms in total. The van der Waals surface area contributed by atoms with Crippen LogP contribution in [0, 0.1) is 0 Å². The van der Waals surface area contributed by atoms with E-state index in [1.807, 2.05) is 12.1 Å². The van der Waals surface area contributed by atoms with Crippen molar-refractivity contribution in [2.24, 2.45) is 0 Å². The number of rotatable bonds is 4. The van der Waals surface area contributed by atoms with Gasteiger partial charge in [-0.2, -0.15) is 0 Å². The van der Waals surface area contributed by atoms with Gasteiger partial charge in [-0.25, -0.2) is 9.97 Å². The first-order chi connectivity index (χ1) is 11.4. The highest BCUT2D eigenvalue weighted by Crippen LogP contribution is 2.35. The van der Waals surface area contributed by atoms with E-state index in [2.05, 4.69) is 20.9 Å². The first-order valence-electron chi connectivity index (χ1n) is 7.97. The lowest BCUT2D eigenvalue weighted by Crippen LogP contribution is -2.30. The first kappa shape index (κ1) is 14.6. The molecule has 0 N–H and O–H groups in total. The van der Waals surface area contributed by atoms with Gasteiger partial charge in [0.15, 0.2) is 17.3 Å². The van der Waals surface area contributed by atoms with Crippen molar-refractivity contribution >= 4 is 17.6 Å². The summed E-state index contributed by atoms with van der Waals surface area (Å²) < 4.78 is 10.8. The monoisotopic (exact) mass is 329 g/mol. The maximum absolute atomic E-state index is 5.44. The van der Waals surface area contributed by atoms with Crippen molar-refractivity contribution in [2.45, 2.75) is 30.0 Å². The van der Waals surface area contributed by atoms with Crippen LogP contribution in [0.15, 0.2) is 35.6 Å². The van der Waals surface area contributed by atoms with Crippen LogP contribution in [0.1, 0.15) is 24.8 Å². The van der Waals surface area contributed by atoms with Crippen molar-refractivity contribution in [3.63, 3.8) is 0 Å². The second-order valence-electron chi connectivity index (χ2n) is 5.71. The van der Waals surface area contributed by atoms with E-state index in [0.29, 0.717) is 6.79 Å². The second kappa shape index (κ2) is 6.66. The Morgan fingerprint density at radius 1 is 1.00 bits per heavy atom. The summed E-state index contributed by atoms with van der Waals surface area (Å²) in [6.45, 7) is 2.47. The minimum absolute atomic E-state index is 0.315. The Bertz CT molecular complexity index is 689. The van der Waals surface area contributed by atoms with E-state index in [9.17, 15) is 0 Å². The standard InChI is InChI=1S/C17H19N3O2S/c1-2-8-20(9-3-1)16-17(19-7-6-18-16)23-11-13-4-5-14-15(10-13)22-12-21-14/h4-7,10H,1-3,8-9,11-12H2. The molecular formula is C17H19N3O2S. The van der Waals surface area contributed by atoms with E-state index >= 15 is 0 Å². The maximum atomic E-state index is 5.44. The number of piperidine rings is 1. The maximum Gasteiger partial charge on any atom is 0.231 e. The lowest BCUT2D eigenvalue weighted by atomic mass is 10.1. The van der Waals surface area contributed by atoms with Gasteiger partial charge in [-0.1, -0.05) is 17.8 Å². The summed E-state index contributed by atoms with van der Waals surface area (Å²) in [5.74, 6) is 3.53. The summed E-state index contributed by atoms with van der Waals surface area (Å²) in [5, 5.41) is 1.01. The molecule has 2 aliphatic heterocycles. The van der Waals surface area contributed by atoms with Gasteiger partial charge >= 0.3 is 0 Å². The highest BCUT2D eigenvalue weighted by molar-refractivity contribution is 7.98. The molecule has 3 heterocycles. The molecule has 2 aromatic rings. The van der Waals surface area contributed by atoms with Crippen LogP contribution >= 0.6 is 11.8 Å². The lowest BCUT2D eigenvalue weighted by Gasteiger charge is -2.28. The molecule has 4 rings (SSSR count). The number of benzene rings is 1. The molecule has 23 heavy (non-hydrogen) atoms. The summed E-state index contributed by atoms with van der Waals surface area (Å²) in [4.78, 5) is 11.5. The molecule has 1 fully saturated rings. The number of anilines is 1. The van der Waals surface area contributed by atoms with Gasteiger partial charge < -0.3 is 14.4 Å². The minimum atomic E-state index is 0.315. The molecule has 1 saturated heterocycles. The molecule has 6 heteroatoms. The fraction of sp³-hybridized carbons (Fsp3) is 0.412. The Morgan fingerprint density at radius 3 is 2.74 bits per heavy atom. The van der Waals surface area contributed by atoms with Crippen molar-refractivity contribution in [3.05, 3.63) is 36.2 Å². The topological polar surface area (TPSA) is 47.5 Å². The van der Waals surface area contributed by atoms with E-state index in [4.69, 9.17) is 9.47 Å². The number of ether oxygens (including phenoxy) is 2. The van der Waals surface area contributed by atoms with Crippen molar-refractivity contribution < 1.29 is 9.47 Å². The summed E-state index contributed by atoms with van der Waals surface area (Å²) >= 11 is 1.73. The zero-order valence-corrected chi connectivity index (χ0v) is 13.7. The lowest BCUT2D eigenvalue weighted by molar-refractivity contribution is 0.174. The van der Waals surface area contributed by atoms with Gasteiger partial charge in [0.25, 0.3) is 0 Å². The fourth-order valence-electron chi connectivity index (χ4n) is 2.92. The van der Waals surface area contributed by atoms with Crippen molar-refractivity contribution in [1.29, 1.82) is 0 Å². The molecule has 0 radical (unpaired) electrons. The highest BCUT2D eigenvalue weighted by atomic mass is 32.2. The predicted molar refractivity (Wildman–Crippen MR) is 90.2 cm³/mol. The zero-order valence-electron chi connectivity index (χ0n) is 12.9. The molecular weight excluding hydrogens is 310 g/mol. The molecule has 0 unspecified atom stereocenters. The third-order valence-electron chi connectivity index (χ3n) is 4.11. The van der Waals surface area contributed by atoms with Crippen LogP contribution in [0.4, 0.5) is 5.82 Å². The highest BCUT2D eigenvalue weighted by Gasteiger charge is 2.18. The number of thioether (sulfide) groups is 1. The molecule has 0 spiro atoms. The van der Waals surface area contributed by atoms with Crippen LogP contribution in [0.25, 0.3) is 0 Å². The molecule has 2 aliphatic rings. The van der Waals surface area contributed by atoms with Crippen LogP contribution in [-0.2, 0) is 5.75 Å². The van der Waals surface area contributed by atoms with Crippen LogP contribution in [0.5, 0.6) is 11.5 Å². The second-order valence-corrected chi connectivity index (χ2v) is 6.67. The van der Waals surface area contributed by atoms with Gasteiger partial charge in [0.1, 0.15) is 5.03 Å². The van der Waals surface area contributed by atoms with Crippen LogP contribution < -0.4 is 14.4 Å². The van der Waals surface area contributed by atoms with Crippen molar-refractivity contribution in [3.8, 4) is 11.5 Å². The third-order valence-corrected chi connectivity index (χ3v) is 5.15. The van der Waals surface area contributed by atoms with Gasteiger partial charge in [0.2, 0.25) is 6.79 Å². The van der Waals surface area contributed by atoms with Gasteiger partial charge in [-0.05, 0) is 37.0 Å². The normalized spacial score (nSPS) is 16.6. The van der Waals surface area contributed by atoms with E-state index in [1.54, 1.807) is 24.2 Å². The predicted octanol–water partition coefficient (Wildman–Crippen LogP) is 3.49. The molecule has 0 saturated carbocycles. The largest absolute Gasteiger partial charge is 0.454 e. The van der Waals surface area contributed by atoms with E-state index < -0.39 is 0 Å². The number of aromatic nitrogens is 2. The molecule has 0 aliphatic carbocycles.